The summed E-state index contributed by atoms with van der Waals surface area (Å²) in [7, 11) is 0. The summed E-state index contributed by atoms with van der Waals surface area (Å²) < 4.78 is 0. The van der Waals surface area contributed by atoms with Crippen LogP contribution in [0.4, 0.5) is 5.69 Å². The molecule has 0 amide bonds. The Balaban J connectivity index is 1.99. The van der Waals surface area contributed by atoms with Crippen molar-refractivity contribution in [2.45, 2.75) is 26.3 Å². The van der Waals surface area contributed by atoms with Crippen LogP contribution in [0, 0.1) is 13.8 Å². The van der Waals surface area contributed by atoms with Gasteiger partial charge in [-0.05, 0) is 43.0 Å². The molecule has 1 heterocycles. The van der Waals surface area contributed by atoms with Gasteiger partial charge >= 0.3 is 0 Å². The summed E-state index contributed by atoms with van der Waals surface area (Å²) in [6, 6.07) is 15.6. The molecule has 1 aliphatic rings. The maximum absolute atomic E-state index is 6.11. The Morgan fingerprint density at radius 3 is 2.70 bits per heavy atom. The van der Waals surface area contributed by atoms with E-state index in [1.807, 2.05) is 0 Å². The minimum absolute atomic E-state index is 0.277. The maximum Gasteiger partial charge on any atom is 0.0667 e. The third-order valence-corrected chi connectivity index (χ3v) is 4.31. The van der Waals surface area contributed by atoms with E-state index in [-0.39, 0.29) is 6.04 Å². The van der Waals surface area contributed by atoms with E-state index in [9.17, 15) is 0 Å². The summed E-state index contributed by atoms with van der Waals surface area (Å²) in [5.74, 6) is 0. The molecular formula is C18H22N2. The zero-order valence-electron chi connectivity index (χ0n) is 12.3. The van der Waals surface area contributed by atoms with Crippen LogP contribution in [0.3, 0.4) is 0 Å². The number of rotatable bonds is 3. The van der Waals surface area contributed by atoms with E-state index in [0.29, 0.717) is 6.54 Å². The fourth-order valence-electron chi connectivity index (χ4n) is 3.31. The Morgan fingerprint density at radius 1 is 1.15 bits per heavy atom. The van der Waals surface area contributed by atoms with Crippen LogP contribution in [0.15, 0.2) is 42.5 Å². The first-order chi connectivity index (χ1) is 9.70. The van der Waals surface area contributed by atoms with Crippen LogP contribution >= 0.6 is 0 Å². The number of hydrogen-bond acceptors (Lipinski definition) is 2. The van der Waals surface area contributed by atoms with Crippen molar-refractivity contribution < 1.29 is 0 Å². The molecule has 0 spiro atoms. The smallest absolute Gasteiger partial charge is 0.0667 e. The van der Waals surface area contributed by atoms with Gasteiger partial charge in [-0.3, -0.25) is 0 Å². The van der Waals surface area contributed by atoms with Gasteiger partial charge in [-0.2, -0.15) is 0 Å². The summed E-state index contributed by atoms with van der Waals surface area (Å²) >= 11 is 0. The van der Waals surface area contributed by atoms with Crippen LogP contribution in [0.1, 0.15) is 28.3 Å². The number of fused-ring (bicyclic) bond motifs is 1. The first-order valence-corrected chi connectivity index (χ1v) is 7.32. The standard InChI is InChI=1S/C18H22N2/c1-13-7-8-16(14(2)11-13)18(12-19)20-10-9-15-5-3-4-6-17(15)20/h3-8,11,18H,9-10,12,19H2,1-2H3. The second kappa shape index (κ2) is 5.29. The summed E-state index contributed by atoms with van der Waals surface area (Å²) in [4.78, 5) is 2.47. The lowest BCUT2D eigenvalue weighted by Gasteiger charge is -2.31. The Hall–Kier alpha value is -1.80. The second-order valence-electron chi connectivity index (χ2n) is 5.68. The molecule has 2 aromatic rings. The summed E-state index contributed by atoms with van der Waals surface area (Å²) in [6.07, 6.45) is 1.12. The molecule has 0 aliphatic carbocycles. The number of aryl methyl sites for hydroxylation is 2. The van der Waals surface area contributed by atoms with Crippen molar-refractivity contribution in [3.63, 3.8) is 0 Å². The van der Waals surface area contributed by atoms with E-state index >= 15 is 0 Å². The molecule has 2 heteroatoms. The van der Waals surface area contributed by atoms with Gasteiger partial charge in [0, 0.05) is 18.8 Å². The number of anilines is 1. The van der Waals surface area contributed by atoms with Crippen LogP contribution in [0.5, 0.6) is 0 Å². The third-order valence-electron chi connectivity index (χ3n) is 4.31. The average Bonchev–Trinajstić information content (AvgIpc) is 2.86. The molecule has 20 heavy (non-hydrogen) atoms. The normalized spacial score (nSPS) is 15.2. The molecule has 0 radical (unpaired) electrons. The van der Waals surface area contributed by atoms with E-state index < -0.39 is 0 Å². The van der Waals surface area contributed by atoms with Crippen LogP contribution in [0.25, 0.3) is 0 Å². The molecule has 3 rings (SSSR count). The third kappa shape index (κ3) is 2.20. The van der Waals surface area contributed by atoms with Crippen LogP contribution in [-0.4, -0.2) is 13.1 Å². The summed E-state index contributed by atoms with van der Waals surface area (Å²) in [6.45, 7) is 6.04. The van der Waals surface area contributed by atoms with Crippen molar-refractivity contribution in [2.24, 2.45) is 5.73 Å². The predicted octanol–water partition coefficient (Wildman–Crippen LogP) is 3.37. The lowest BCUT2D eigenvalue weighted by molar-refractivity contribution is 0.645. The average molecular weight is 266 g/mol. The van der Waals surface area contributed by atoms with Gasteiger partial charge in [-0.15, -0.1) is 0 Å². The minimum Gasteiger partial charge on any atom is -0.363 e. The highest BCUT2D eigenvalue weighted by atomic mass is 15.2. The van der Waals surface area contributed by atoms with Gasteiger partial charge in [0.05, 0.1) is 6.04 Å². The van der Waals surface area contributed by atoms with E-state index in [0.717, 1.165) is 13.0 Å². The molecule has 0 aromatic heterocycles. The van der Waals surface area contributed by atoms with E-state index in [2.05, 4.69) is 61.2 Å². The van der Waals surface area contributed by atoms with Crippen molar-refractivity contribution in [1.82, 2.24) is 0 Å². The van der Waals surface area contributed by atoms with Gasteiger partial charge in [0.2, 0.25) is 0 Å². The lowest BCUT2D eigenvalue weighted by Crippen LogP contribution is -2.32. The molecule has 2 nitrogen and oxygen atoms in total. The highest BCUT2D eigenvalue weighted by Crippen LogP contribution is 2.35. The molecule has 0 saturated heterocycles. The van der Waals surface area contributed by atoms with Crippen molar-refractivity contribution in [3.05, 3.63) is 64.7 Å². The quantitative estimate of drug-likeness (QED) is 0.923. The summed E-state index contributed by atoms with van der Waals surface area (Å²) in [5, 5.41) is 0. The lowest BCUT2D eigenvalue weighted by atomic mass is 9.98. The van der Waals surface area contributed by atoms with E-state index in [1.165, 1.54) is 27.9 Å². The van der Waals surface area contributed by atoms with Gasteiger partial charge in [0.1, 0.15) is 0 Å². The van der Waals surface area contributed by atoms with Gasteiger partial charge < -0.3 is 10.6 Å². The van der Waals surface area contributed by atoms with Gasteiger partial charge in [-0.25, -0.2) is 0 Å². The van der Waals surface area contributed by atoms with Gasteiger partial charge in [-0.1, -0.05) is 42.0 Å². The highest BCUT2D eigenvalue weighted by Gasteiger charge is 2.26. The number of para-hydroxylation sites is 1. The second-order valence-corrected chi connectivity index (χ2v) is 5.68. The highest BCUT2D eigenvalue weighted by molar-refractivity contribution is 5.60. The van der Waals surface area contributed by atoms with Crippen molar-refractivity contribution in [2.75, 3.05) is 18.0 Å². The topological polar surface area (TPSA) is 29.3 Å². The minimum atomic E-state index is 0.277. The van der Waals surface area contributed by atoms with Crippen molar-refractivity contribution in [1.29, 1.82) is 0 Å². The zero-order valence-corrected chi connectivity index (χ0v) is 12.3. The Morgan fingerprint density at radius 2 is 1.95 bits per heavy atom. The van der Waals surface area contributed by atoms with E-state index in [1.54, 1.807) is 0 Å². The van der Waals surface area contributed by atoms with Crippen LogP contribution in [0.2, 0.25) is 0 Å². The Bertz CT molecular complexity index is 619. The Kier molecular flexibility index (Phi) is 3.49. The fraction of sp³-hybridized carbons (Fsp3) is 0.333. The van der Waals surface area contributed by atoms with Crippen molar-refractivity contribution in [3.8, 4) is 0 Å². The number of hydrogen-bond donors (Lipinski definition) is 1. The first-order valence-electron chi connectivity index (χ1n) is 7.32. The number of nitrogens with two attached hydrogens (primary N) is 1. The molecule has 1 atom stereocenters. The van der Waals surface area contributed by atoms with Crippen LogP contribution in [-0.2, 0) is 6.42 Å². The largest absolute Gasteiger partial charge is 0.363 e. The molecule has 0 fully saturated rings. The molecule has 1 unspecified atom stereocenters. The maximum atomic E-state index is 6.11. The molecular weight excluding hydrogens is 244 g/mol. The van der Waals surface area contributed by atoms with Gasteiger partial charge in [0.25, 0.3) is 0 Å². The first kappa shape index (κ1) is 13.2. The summed E-state index contributed by atoms with van der Waals surface area (Å²) in [5.41, 5.74) is 12.9. The molecule has 0 bridgehead atoms. The fourth-order valence-corrected chi connectivity index (χ4v) is 3.31. The number of nitrogens with zero attached hydrogens (tertiary/aromatic N) is 1. The Labute approximate surface area is 121 Å². The molecule has 2 aromatic carbocycles. The predicted molar refractivity (Wildman–Crippen MR) is 85.2 cm³/mol. The molecule has 1 aliphatic heterocycles. The SMILES string of the molecule is Cc1ccc(C(CN)N2CCc3ccccc32)c(C)c1. The van der Waals surface area contributed by atoms with Crippen molar-refractivity contribution >= 4 is 5.69 Å². The number of benzene rings is 2. The van der Waals surface area contributed by atoms with E-state index in [4.69, 9.17) is 5.73 Å². The zero-order chi connectivity index (χ0) is 14.1. The molecule has 104 valence electrons. The van der Waals surface area contributed by atoms with Gasteiger partial charge in [0.15, 0.2) is 0 Å². The van der Waals surface area contributed by atoms with Crippen LogP contribution < -0.4 is 10.6 Å². The molecule has 0 saturated carbocycles. The molecule has 2 N–H and O–H groups in total. The monoisotopic (exact) mass is 266 g/mol.